The van der Waals surface area contributed by atoms with Crippen molar-refractivity contribution < 1.29 is 4.79 Å². The molecule has 1 heterocycles. The van der Waals surface area contributed by atoms with Crippen LogP contribution in [0, 0.1) is 0 Å². The highest BCUT2D eigenvalue weighted by atomic mass is 79.9. The molecule has 20 heavy (non-hydrogen) atoms. The molecule has 0 aliphatic carbocycles. The number of aromatic nitrogens is 1. The maximum absolute atomic E-state index is 12.2. The summed E-state index contributed by atoms with van der Waals surface area (Å²) in [4.78, 5) is 16.1. The van der Waals surface area contributed by atoms with Gasteiger partial charge < -0.3 is 10.7 Å². The molecule has 0 unspecified atom stereocenters. The zero-order valence-electron chi connectivity index (χ0n) is 9.95. The number of hydrogen-bond acceptors (Lipinski definition) is 4. The van der Waals surface area contributed by atoms with E-state index in [1.54, 1.807) is 6.07 Å². The second kappa shape index (κ2) is 6.53. The zero-order valence-corrected chi connectivity index (χ0v) is 13.9. The smallest absolute Gasteiger partial charge is 0.255 e. The number of anilines is 2. The Labute approximate surface area is 137 Å². The molecule has 2 rings (SSSR count). The predicted molar refractivity (Wildman–Crippen MR) is 86.9 cm³/mol. The van der Waals surface area contributed by atoms with E-state index < -0.39 is 0 Å². The lowest BCUT2D eigenvalue weighted by Gasteiger charge is -2.09. The molecule has 0 radical (unpaired) electrons. The Balaban J connectivity index is 2.28. The molecule has 0 bridgehead atoms. The van der Waals surface area contributed by atoms with Crippen LogP contribution in [0.25, 0.3) is 0 Å². The summed E-state index contributed by atoms with van der Waals surface area (Å²) in [6.45, 7) is 0. The molecular weight excluding hydrogens is 411 g/mol. The van der Waals surface area contributed by atoms with Crippen molar-refractivity contribution in [2.24, 2.45) is 5.84 Å². The van der Waals surface area contributed by atoms with Crippen molar-refractivity contribution in [3.8, 4) is 0 Å². The van der Waals surface area contributed by atoms with Crippen LogP contribution in [0.5, 0.6) is 0 Å². The second-order valence-corrected chi connectivity index (χ2v) is 5.94. The summed E-state index contributed by atoms with van der Waals surface area (Å²) in [7, 11) is 0. The van der Waals surface area contributed by atoms with Crippen LogP contribution >= 0.6 is 43.5 Å². The highest BCUT2D eigenvalue weighted by Gasteiger charge is 2.11. The van der Waals surface area contributed by atoms with Gasteiger partial charge in [0.15, 0.2) is 0 Å². The first-order valence-electron chi connectivity index (χ1n) is 5.40. The van der Waals surface area contributed by atoms with E-state index in [0.717, 1.165) is 8.95 Å². The largest absolute Gasteiger partial charge is 0.321 e. The molecule has 0 atom stereocenters. The summed E-state index contributed by atoms with van der Waals surface area (Å²) < 4.78 is 1.62. The second-order valence-electron chi connectivity index (χ2n) is 3.79. The number of benzene rings is 1. The average Bonchev–Trinajstić information content (AvgIpc) is 2.42. The number of nitrogens with zero attached hydrogens (tertiary/aromatic N) is 1. The summed E-state index contributed by atoms with van der Waals surface area (Å²) in [5.41, 5.74) is 3.35. The van der Waals surface area contributed by atoms with Gasteiger partial charge in [0.1, 0.15) is 11.0 Å². The Morgan fingerprint density at radius 3 is 2.70 bits per heavy atom. The van der Waals surface area contributed by atoms with Crippen LogP contribution in [0.2, 0.25) is 5.15 Å². The van der Waals surface area contributed by atoms with Gasteiger partial charge in [-0.05, 0) is 46.3 Å². The van der Waals surface area contributed by atoms with E-state index in [-0.39, 0.29) is 11.1 Å². The van der Waals surface area contributed by atoms with Gasteiger partial charge in [-0.15, -0.1) is 0 Å². The maximum atomic E-state index is 12.2. The maximum Gasteiger partial charge on any atom is 0.255 e. The van der Waals surface area contributed by atoms with Gasteiger partial charge >= 0.3 is 0 Å². The molecule has 1 aromatic heterocycles. The average molecular weight is 420 g/mol. The lowest BCUT2D eigenvalue weighted by Crippen LogP contribution is -2.15. The minimum absolute atomic E-state index is 0.180. The minimum atomic E-state index is -0.315. The van der Waals surface area contributed by atoms with E-state index in [4.69, 9.17) is 17.4 Å². The number of nitrogens with two attached hydrogens (primary N) is 1. The topological polar surface area (TPSA) is 80.0 Å². The Morgan fingerprint density at radius 1 is 1.25 bits per heavy atom. The number of carbonyl (C=O) groups excluding carboxylic acids is 1. The quantitative estimate of drug-likeness (QED) is 0.401. The molecule has 1 aromatic carbocycles. The molecule has 1 amide bonds. The van der Waals surface area contributed by atoms with Crippen molar-refractivity contribution in [1.82, 2.24) is 4.98 Å². The van der Waals surface area contributed by atoms with E-state index >= 15 is 0 Å². The summed E-state index contributed by atoms with van der Waals surface area (Å²) in [5, 5.41) is 2.95. The van der Waals surface area contributed by atoms with Crippen LogP contribution in [-0.2, 0) is 0 Å². The molecule has 104 valence electrons. The number of rotatable bonds is 3. The fourth-order valence-electron chi connectivity index (χ4n) is 1.49. The monoisotopic (exact) mass is 418 g/mol. The van der Waals surface area contributed by atoms with E-state index in [2.05, 4.69) is 47.6 Å². The van der Waals surface area contributed by atoms with Gasteiger partial charge in [0.2, 0.25) is 0 Å². The van der Waals surface area contributed by atoms with Gasteiger partial charge in [-0.25, -0.2) is 10.8 Å². The third-order valence-electron chi connectivity index (χ3n) is 2.38. The molecule has 5 nitrogen and oxygen atoms in total. The summed E-state index contributed by atoms with van der Waals surface area (Å²) in [6, 6.07) is 8.44. The third kappa shape index (κ3) is 3.69. The van der Waals surface area contributed by atoms with Crippen molar-refractivity contribution in [3.05, 3.63) is 50.0 Å². The highest BCUT2D eigenvalue weighted by Crippen LogP contribution is 2.27. The Hall–Kier alpha value is -1.15. The van der Waals surface area contributed by atoms with E-state index in [9.17, 15) is 4.79 Å². The molecular formula is C12H9Br2ClN4O. The SMILES string of the molecule is NNc1cc(C(=O)Nc2cc(Br)ccc2Br)cc(Cl)n1. The number of hydrogen-bond donors (Lipinski definition) is 3. The molecule has 0 spiro atoms. The summed E-state index contributed by atoms with van der Waals surface area (Å²) >= 11 is 12.5. The fourth-order valence-corrected chi connectivity index (χ4v) is 2.41. The number of hydrazine groups is 1. The first-order chi connectivity index (χ1) is 9.49. The van der Waals surface area contributed by atoms with E-state index in [0.29, 0.717) is 17.1 Å². The molecule has 0 aliphatic rings. The Morgan fingerprint density at radius 2 is 2.00 bits per heavy atom. The molecule has 0 saturated carbocycles. The highest BCUT2D eigenvalue weighted by molar-refractivity contribution is 9.11. The number of nitrogen functional groups attached to an aromatic ring is 1. The lowest BCUT2D eigenvalue weighted by atomic mass is 10.2. The van der Waals surface area contributed by atoms with Crippen molar-refractivity contribution in [2.75, 3.05) is 10.7 Å². The van der Waals surface area contributed by atoms with Gasteiger partial charge in [-0.1, -0.05) is 27.5 Å². The van der Waals surface area contributed by atoms with Gasteiger partial charge in [0.25, 0.3) is 5.91 Å². The molecule has 2 aromatic rings. The van der Waals surface area contributed by atoms with Crippen molar-refractivity contribution in [2.45, 2.75) is 0 Å². The number of halogens is 3. The molecule has 4 N–H and O–H groups in total. The Bertz CT molecular complexity index is 666. The first-order valence-corrected chi connectivity index (χ1v) is 7.36. The Kier molecular flexibility index (Phi) is 4.98. The normalized spacial score (nSPS) is 10.2. The van der Waals surface area contributed by atoms with Crippen LogP contribution in [0.1, 0.15) is 10.4 Å². The van der Waals surface area contributed by atoms with E-state index in [1.165, 1.54) is 12.1 Å². The van der Waals surface area contributed by atoms with E-state index in [1.807, 2.05) is 12.1 Å². The fraction of sp³-hybridized carbons (Fsp3) is 0. The first kappa shape index (κ1) is 15.2. The van der Waals surface area contributed by atoms with Gasteiger partial charge in [-0.2, -0.15) is 0 Å². The number of carbonyl (C=O) groups is 1. The third-order valence-corrected chi connectivity index (χ3v) is 3.76. The zero-order chi connectivity index (χ0) is 14.7. The lowest BCUT2D eigenvalue weighted by molar-refractivity contribution is 0.102. The van der Waals surface area contributed by atoms with Crippen molar-refractivity contribution >= 4 is 60.9 Å². The van der Waals surface area contributed by atoms with Crippen LogP contribution in [0.3, 0.4) is 0 Å². The van der Waals surface area contributed by atoms with Gasteiger partial charge in [-0.3, -0.25) is 4.79 Å². The number of pyridine rings is 1. The van der Waals surface area contributed by atoms with Crippen molar-refractivity contribution in [1.29, 1.82) is 0 Å². The standard InChI is InChI=1S/C12H9Br2ClN4O/c13-7-1-2-8(14)9(5-7)17-12(20)6-3-10(15)18-11(4-6)19-16/h1-5H,16H2,(H,17,20)(H,18,19). The van der Waals surface area contributed by atoms with Crippen molar-refractivity contribution in [3.63, 3.8) is 0 Å². The minimum Gasteiger partial charge on any atom is -0.321 e. The summed E-state index contributed by atoms with van der Waals surface area (Å²) in [5.74, 6) is 5.27. The number of amides is 1. The van der Waals surface area contributed by atoms with Crippen LogP contribution in [0.4, 0.5) is 11.5 Å². The molecule has 0 saturated heterocycles. The molecule has 0 fully saturated rings. The van der Waals surface area contributed by atoms with Crippen LogP contribution in [0.15, 0.2) is 39.3 Å². The summed E-state index contributed by atoms with van der Waals surface area (Å²) in [6.07, 6.45) is 0. The molecule has 0 aliphatic heterocycles. The predicted octanol–water partition coefficient (Wildman–Crippen LogP) is 3.80. The van der Waals surface area contributed by atoms with Gasteiger partial charge in [0, 0.05) is 14.5 Å². The molecule has 8 heteroatoms. The van der Waals surface area contributed by atoms with Crippen LogP contribution < -0.4 is 16.6 Å². The van der Waals surface area contributed by atoms with Gasteiger partial charge in [0.05, 0.1) is 5.69 Å². The number of nitrogens with one attached hydrogen (secondary N) is 2. The van der Waals surface area contributed by atoms with Crippen LogP contribution in [-0.4, -0.2) is 10.9 Å².